The van der Waals surface area contributed by atoms with E-state index in [1.807, 2.05) is 18.7 Å². The lowest BCUT2D eigenvalue weighted by Gasteiger charge is -2.21. The molecule has 0 saturated carbocycles. The molecule has 1 atom stereocenters. The molecule has 0 aromatic heterocycles. The van der Waals surface area contributed by atoms with Gasteiger partial charge in [-0.05, 0) is 37.6 Å². The maximum absolute atomic E-state index is 12.2. The van der Waals surface area contributed by atoms with Gasteiger partial charge in [0.15, 0.2) is 5.96 Å². The van der Waals surface area contributed by atoms with Gasteiger partial charge in [0, 0.05) is 38.1 Å². The van der Waals surface area contributed by atoms with Gasteiger partial charge in [-0.25, -0.2) is 4.99 Å². The Bertz CT molecular complexity index is 675. The second-order valence-corrected chi connectivity index (χ2v) is 7.99. The van der Waals surface area contributed by atoms with Gasteiger partial charge in [-0.2, -0.15) is 0 Å². The van der Waals surface area contributed by atoms with Crippen molar-refractivity contribution >= 4 is 35.8 Å². The van der Waals surface area contributed by atoms with Gasteiger partial charge in [0.25, 0.3) is 0 Å². The number of aliphatic imine (C=N–C) groups is 1. The summed E-state index contributed by atoms with van der Waals surface area (Å²) in [5, 5.41) is 6.88. The van der Waals surface area contributed by atoms with Crippen LogP contribution in [0.5, 0.6) is 0 Å². The molecule has 1 aliphatic rings. The number of benzene rings is 1. The van der Waals surface area contributed by atoms with Crippen LogP contribution in [0.1, 0.15) is 52.2 Å². The Hall–Kier alpha value is -1.35. The zero-order chi connectivity index (χ0) is 21.2. The lowest BCUT2D eigenvalue weighted by molar-refractivity contribution is -0.133. The first kappa shape index (κ1) is 26.7. The van der Waals surface area contributed by atoms with Crippen molar-refractivity contribution in [3.63, 3.8) is 0 Å². The van der Waals surface area contributed by atoms with Crippen molar-refractivity contribution in [2.75, 3.05) is 32.7 Å². The molecule has 0 radical (unpaired) electrons. The molecule has 1 fully saturated rings. The maximum Gasteiger partial charge on any atom is 0.225 e. The van der Waals surface area contributed by atoms with Crippen LogP contribution < -0.4 is 10.6 Å². The molecule has 1 unspecified atom stereocenters. The van der Waals surface area contributed by atoms with Crippen LogP contribution >= 0.6 is 24.0 Å². The van der Waals surface area contributed by atoms with Gasteiger partial charge in [-0.15, -0.1) is 24.0 Å². The van der Waals surface area contributed by atoms with Crippen molar-refractivity contribution in [1.82, 2.24) is 20.4 Å². The van der Waals surface area contributed by atoms with Gasteiger partial charge in [0.1, 0.15) is 0 Å². The van der Waals surface area contributed by atoms with Crippen LogP contribution in [0.4, 0.5) is 0 Å². The van der Waals surface area contributed by atoms with E-state index in [9.17, 15) is 4.79 Å². The third-order valence-corrected chi connectivity index (χ3v) is 5.49. The number of halogens is 1. The van der Waals surface area contributed by atoms with Gasteiger partial charge < -0.3 is 15.5 Å². The average molecular weight is 530 g/mol. The van der Waals surface area contributed by atoms with Crippen LogP contribution in [-0.4, -0.2) is 60.4 Å². The highest BCUT2D eigenvalue weighted by molar-refractivity contribution is 14.0. The molecule has 0 aliphatic carbocycles. The highest BCUT2D eigenvalue weighted by Gasteiger charge is 2.27. The number of hydrogen-bond acceptors (Lipinski definition) is 3. The SMILES string of the molecule is CCNC(=NCc1ccccc1CN(CC)CC)NC1CCN(C(=O)C(C)C)C1.I. The molecule has 0 spiro atoms. The normalized spacial score (nSPS) is 16.7. The molecule has 1 aliphatic heterocycles. The van der Waals surface area contributed by atoms with E-state index in [1.54, 1.807) is 0 Å². The predicted octanol–water partition coefficient (Wildman–Crippen LogP) is 3.46. The molecule has 1 aromatic carbocycles. The van der Waals surface area contributed by atoms with Gasteiger partial charge in [-0.1, -0.05) is 52.0 Å². The molecule has 2 rings (SSSR count). The van der Waals surface area contributed by atoms with Crippen LogP contribution in [0.15, 0.2) is 29.3 Å². The minimum absolute atomic E-state index is 0. The standard InChI is InChI=1S/C23H39N5O.HI/c1-6-24-23(26-21-13-14-28(17-21)22(29)18(4)5)25-15-19-11-9-10-12-20(19)16-27(7-2)8-3;/h9-12,18,21H,6-8,13-17H2,1-5H3,(H2,24,25,26);1H. The summed E-state index contributed by atoms with van der Waals surface area (Å²) in [6.45, 7) is 16.5. The Kier molecular flexibility index (Phi) is 12.3. The predicted molar refractivity (Wildman–Crippen MR) is 136 cm³/mol. The van der Waals surface area contributed by atoms with Crippen LogP contribution in [0.25, 0.3) is 0 Å². The first-order valence-corrected chi connectivity index (χ1v) is 11.1. The number of amides is 1. The van der Waals surface area contributed by atoms with E-state index in [1.165, 1.54) is 11.1 Å². The second-order valence-electron chi connectivity index (χ2n) is 7.99. The lowest BCUT2D eigenvalue weighted by Crippen LogP contribution is -2.45. The molecule has 30 heavy (non-hydrogen) atoms. The van der Waals surface area contributed by atoms with Crippen molar-refractivity contribution < 1.29 is 4.79 Å². The van der Waals surface area contributed by atoms with Crippen LogP contribution in [0, 0.1) is 5.92 Å². The van der Waals surface area contributed by atoms with Crippen LogP contribution in [0.2, 0.25) is 0 Å². The Morgan fingerprint density at radius 1 is 1.20 bits per heavy atom. The minimum Gasteiger partial charge on any atom is -0.357 e. The third-order valence-electron chi connectivity index (χ3n) is 5.49. The zero-order valence-electron chi connectivity index (χ0n) is 19.3. The summed E-state index contributed by atoms with van der Waals surface area (Å²) in [6.07, 6.45) is 0.960. The maximum atomic E-state index is 12.2. The van der Waals surface area contributed by atoms with Crippen molar-refractivity contribution in [3.8, 4) is 0 Å². The number of rotatable bonds is 9. The number of likely N-dealkylation sites (tertiary alicyclic amines) is 1. The van der Waals surface area contributed by atoms with Crippen molar-refractivity contribution in [2.24, 2.45) is 10.9 Å². The molecule has 1 aromatic rings. The molecule has 7 heteroatoms. The molecule has 170 valence electrons. The van der Waals surface area contributed by atoms with Gasteiger partial charge >= 0.3 is 0 Å². The topological polar surface area (TPSA) is 60.0 Å². The minimum atomic E-state index is 0. The lowest BCUT2D eigenvalue weighted by atomic mass is 10.1. The fourth-order valence-corrected chi connectivity index (χ4v) is 3.68. The van der Waals surface area contributed by atoms with Crippen molar-refractivity contribution in [2.45, 2.75) is 60.2 Å². The molecular formula is C23H40IN5O. The van der Waals surface area contributed by atoms with E-state index < -0.39 is 0 Å². The zero-order valence-corrected chi connectivity index (χ0v) is 21.6. The highest BCUT2D eigenvalue weighted by Crippen LogP contribution is 2.14. The van der Waals surface area contributed by atoms with E-state index >= 15 is 0 Å². The number of hydrogen-bond donors (Lipinski definition) is 2. The number of nitrogens with zero attached hydrogens (tertiary/aromatic N) is 3. The van der Waals surface area contributed by atoms with Crippen molar-refractivity contribution in [3.05, 3.63) is 35.4 Å². The highest BCUT2D eigenvalue weighted by atomic mass is 127. The van der Waals surface area contributed by atoms with Gasteiger partial charge in [0.2, 0.25) is 5.91 Å². The summed E-state index contributed by atoms with van der Waals surface area (Å²) in [5.74, 6) is 1.12. The summed E-state index contributed by atoms with van der Waals surface area (Å²) >= 11 is 0. The van der Waals surface area contributed by atoms with Gasteiger partial charge in [-0.3, -0.25) is 9.69 Å². The van der Waals surface area contributed by atoms with E-state index in [2.05, 4.69) is 60.6 Å². The van der Waals surface area contributed by atoms with Crippen LogP contribution in [-0.2, 0) is 17.9 Å². The number of carbonyl (C=O) groups excluding carboxylic acids is 1. The molecule has 1 heterocycles. The van der Waals surface area contributed by atoms with Crippen molar-refractivity contribution in [1.29, 1.82) is 0 Å². The fourth-order valence-electron chi connectivity index (χ4n) is 3.68. The number of carbonyl (C=O) groups is 1. The smallest absolute Gasteiger partial charge is 0.225 e. The summed E-state index contributed by atoms with van der Waals surface area (Å²) in [4.78, 5) is 21.5. The van der Waals surface area contributed by atoms with E-state index in [-0.39, 0.29) is 41.8 Å². The third kappa shape index (κ3) is 8.06. The van der Waals surface area contributed by atoms with Gasteiger partial charge in [0.05, 0.1) is 6.54 Å². The molecular weight excluding hydrogens is 489 g/mol. The van der Waals surface area contributed by atoms with Crippen LogP contribution in [0.3, 0.4) is 0 Å². The second kappa shape index (κ2) is 13.9. The quantitative estimate of drug-likeness (QED) is 0.292. The molecule has 2 N–H and O–H groups in total. The summed E-state index contributed by atoms with van der Waals surface area (Å²) in [5.41, 5.74) is 2.60. The first-order valence-electron chi connectivity index (χ1n) is 11.1. The monoisotopic (exact) mass is 529 g/mol. The van der Waals surface area contributed by atoms with E-state index in [0.29, 0.717) is 6.54 Å². The summed E-state index contributed by atoms with van der Waals surface area (Å²) in [7, 11) is 0. The van der Waals surface area contributed by atoms with E-state index in [4.69, 9.17) is 4.99 Å². The summed E-state index contributed by atoms with van der Waals surface area (Å²) < 4.78 is 0. The molecule has 6 nitrogen and oxygen atoms in total. The number of nitrogens with one attached hydrogen (secondary N) is 2. The Balaban J connectivity index is 0.00000450. The largest absolute Gasteiger partial charge is 0.357 e. The average Bonchev–Trinajstić information content (AvgIpc) is 3.18. The summed E-state index contributed by atoms with van der Waals surface area (Å²) in [6, 6.07) is 8.82. The molecule has 1 saturated heterocycles. The van der Waals surface area contributed by atoms with E-state index in [0.717, 1.165) is 51.6 Å². The number of guanidine groups is 1. The molecule has 1 amide bonds. The Morgan fingerprint density at radius 2 is 1.87 bits per heavy atom. The Morgan fingerprint density at radius 3 is 2.47 bits per heavy atom. The fraction of sp³-hybridized carbons (Fsp3) is 0.652. The Labute approximate surface area is 199 Å². The molecule has 0 bridgehead atoms. The first-order chi connectivity index (χ1) is 14.0.